The fourth-order valence-corrected chi connectivity index (χ4v) is 5.01. The molecule has 1 unspecified atom stereocenters. The first-order valence-corrected chi connectivity index (χ1v) is 9.20. The average Bonchev–Trinajstić information content (AvgIpc) is 2.56. The van der Waals surface area contributed by atoms with E-state index in [1.54, 1.807) is 4.90 Å². The first-order valence-electron chi connectivity index (χ1n) is 7.80. The van der Waals surface area contributed by atoms with Gasteiger partial charge in [0.25, 0.3) is 10.2 Å². The highest BCUT2D eigenvalue weighted by Crippen LogP contribution is 2.55. The molecule has 1 aromatic rings. The molecule has 2 fully saturated rings. The molecular formula is C16H23N3O3S. The van der Waals surface area contributed by atoms with E-state index in [0.29, 0.717) is 25.9 Å². The molecule has 6 nitrogen and oxygen atoms in total. The van der Waals surface area contributed by atoms with Gasteiger partial charge in [0, 0.05) is 34.2 Å². The van der Waals surface area contributed by atoms with Gasteiger partial charge >= 0.3 is 0 Å². The van der Waals surface area contributed by atoms with Crippen LogP contribution >= 0.6 is 0 Å². The maximum absolute atomic E-state index is 12.6. The monoisotopic (exact) mass is 337 g/mol. The van der Waals surface area contributed by atoms with E-state index in [0.717, 1.165) is 5.56 Å². The first-order chi connectivity index (χ1) is 10.8. The van der Waals surface area contributed by atoms with Gasteiger partial charge in [0.05, 0.1) is 11.5 Å². The molecule has 7 heteroatoms. The van der Waals surface area contributed by atoms with Crippen molar-refractivity contribution in [3.05, 3.63) is 35.9 Å². The number of piperidine rings is 1. The number of β-lactam (4-membered cyclic amide) rings is 1. The Kier molecular flexibility index (Phi) is 3.98. The fraction of sp³-hybridized carbons (Fsp3) is 0.562. The molecular weight excluding hydrogens is 314 g/mol. The summed E-state index contributed by atoms with van der Waals surface area (Å²) >= 11 is 0. The van der Waals surface area contributed by atoms with Crippen LogP contribution in [0.25, 0.3) is 0 Å². The van der Waals surface area contributed by atoms with Gasteiger partial charge in [-0.05, 0) is 18.4 Å². The predicted octanol–water partition coefficient (Wildman–Crippen LogP) is 1.09. The number of carbonyl (C=O) groups excluding carboxylic acids is 1. The standard InChI is InChI=1S/C16H23N3O3S/c1-17(2)23(21,22)19-11-9-16(10-12-19)14(18(3)15(16)20)13-7-5-4-6-8-13/h4-8,14H,9-12H2,1-3H3. The highest BCUT2D eigenvalue weighted by Gasteiger charge is 2.60. The molecule has 2 aliphatic heterocycles. The highest BCUT2D eigenvalue weighted by atomic mass is 32.2. The van der Waals surface area contributed by atoms with E-state index in [9.17, 15) is 13.2 Å². The largest absolute Gasteiger partial charge is 0.337 e. The molecule has 23 heavy (non-hydrogen) atoms. The molecule has 1 spiro atoms. The molecule has 126 valence electrons. The summed E-state index contributed by atoms with van der Waals surface area (Å²) in [6, 6.07) is 10.0. The Morgan fingerprint density at radius 1 is 1.13 bits per heavy atom. The number of carbonyl (C=O) groups is 1. The number of rotatable bonds is 3. The SMILES string of the molecule is CN1C(=O)C2(CCN(S(=O)(=O)N(C)C)CC2)C1c1ccccc1. The smallest absolute Gasteiger partial charge is 0.281 e. The lowest BCUT2D eigenvalue weighted by molar-refractivity contribution is -0.175. The van der Waals surface area contributed by atoms with Gasteiger partial charge in [-0.25, -0.2) is 0 Å². The third-order valence-electron chi connectivity index (χ3n) is 5.17. The summed E-state index contributed by atoms with van der Waals surface area (Å²) in [6.45, 7) is 0.785. The quantitative estimate of drug-likeness (QED) is 0.776. The van der Waals surface area contributed by atoms with Crippen LogP contribution in [0.15, 0.2) is 30.3 Å². The van der Waals surface area contributed by atoms with Gasteiger partial charge in [-0.15, -0.1) is 0 Å². The van der Waals surface area contributed by atoms with Crippen molar-refractivity contribution in [3.63, 3.8) is 0 Å². The number of hydrogen-bond donors (Lipinski definition) is 0. The van der Waals surface area contributed by atoms with Gasteiger partial charge in [-0.3, -0.25) is 4.79 Å². The summed E-state index contributed by atoms with van der Waals surface area (Å²) in [5.41, 5.74) is 0.674. The Bertz CT molecular complexity index is 695. The van der Waals surface area contributed by atoms with E-state index < -0.39 is 15.6 Å². The van der Waals surface area contributed by atoms with Gasteiger partial charge in [0.1, 0.15) is 0 Å². The Morgan fingerprint density at radius 2 is 1.70 bits per heavy atom. The highest BCUT2D eigenvalue weighted by molar-refractivity contribution is 7.86. The molecule has 2 aliphatic rings. The lowest BCUT2D eigenvalue weighted by Crippen LogP contribution is -2.65. The van der Waals surface area contributed by atoms with Crippen molar-refractivity contribution in [3.8, 4) is 0 Å². The van der Waals surface area contributed by atoms with Gasteiger partial charge in [-0.2, -0.15) is 17.0 Å². The summed E-state index contributed by atoms with van der Waals surface area (Å²) in [4.78, 5) is 14.3. The zero-order chi connectivity index (χ0) is 16.8. The Hall–Kier alpha value is -1.44. The van der Waals surface area contributed by atoms with Crippen molar-refractivity contribution in [2.24, 2.45) is 5.41 Å². The normalized spacial score (nSPS) is 25.0. The van der Waals surface area contributed by atoms with Crippen LogP contribution in [0.2, 0.25) is 0 Å². The maximum atomic E-state index is 12.6. The Labute approximate surface area is 137 Å². The van der Waals surface area contributed by atoms with Crippen LogP contribution in [0.3, 0.4) is 0 Å². The topological polar surface area (TPSA) is 60.9 Å². The molecule has 0 bridgehead atoms. The maximum Gasteiger partial charge on any atom is 0.281 e. The molecule has 3 rings (SSSR count). The van der Waals surface area contributed by atoms with Gasteiger partial charge in [-0.1, -0.05) is 30.3 Å². The van der Waals surface area contributed by atoms with Crippen molar-refractivity contribution < 1.29 is 13.2 Å². The fourth-order valence-electron chi connectivity index (χ4n) is 3.90. The molecule has 0 radical (unpaired) electrons. The van der Waals surface area contributed by atoms with Crippen LogP contribution < -0.4 is 0 Å². The van der Waals surface area contributed by atoms with Crippen molar-refractivity contribution >= 4 is 16.1 Å². The minimum absolute atomic E-state index is 0.0420. The summed E-state index contributed by atoms with van der Waals surface area (Å²) < 4.78 is 27.2. The second kappa shape index (κ2) is 5.58. The minimum Gasteiger partial charge on any atom is -0.337 e. The van der Waals surface area contributed by atoms with Crippen molar-refractivity contribution in [2.45, 2.75) is 18.9 Å². The molecule has 2 saturated heterocycles. The second-order valence-electron chi connectivity index (χ2n) is 6.57. The zero-order valence-corrected chi connectivity index (χ0v) is 14.6. The van der Waals surface area contributed by atoms with Crippen LogP contribution in [0.5, 0.6) is 0 Å². The number of benzene rings is 1. The Morgan fingerprint density at radius 3 is 2.22 bits per heavy atom. The summed E-state index contributed by atoms with van der Waals surface area (Å²) in [5.74, 6) is 0.133. The Balaban J connectivity index is 1.83. The van der Waals surface area contributed by atoms with E-state index in [2.05, 4.69) is 0 Å². The summed E-state index contributed by atoms with van der Waals surface area (Å²) in [7, 11) is 1.49. The van der Waals surface area contributed by atoms with E-state index in [4.69, 9.17) is 0 Å². The van der Waals surface area contributed by atoms with Crippen molar-refractivity contribution in [1.29, 1.82) is 0 Å². The lowest BCUT2D eigenvalue weighted by atomic mass is 9.63. The third-order valence-corrected chi connectivity index (χ3v) is 7.12. The van der Waals surface area contributed by atoms with Crippen LogP contribution in [-0.4, -0.2) is 62.1 Å². The molecule has 0 N–H and O–H groups in total. The van der Waals surface area contributed by atoms with Gasteiger partial charge < -0.3 is 4.90 Å². The molecule has 1 amide bonds. The number of amides is 1. The van der Waals surface area contributed by atoms with Gasteiger partial charge in [0.2, 0.25) is 5.91 Å². The third kappa shape index (κ3) is 2.38. The van der Waals surface area contributed by atoms with Crippen LogP contribution in [-0.2, 0) is 15.0 Å². The van der Waals surface area contributed by atoms with E-state index in [1.807, 2.05) is 37.4 Å². The predicted molar refractivity (Wildman–Crippen MR) is 87.8 cm³/mol. The second-order valence-corrected chi connectivity index (χ2v) is 8.72. The van der Waals surface area contributed by atoms with E-state index in [1.165, 1.54) is 22.7 Å². The number of likely N-dealkylation sites (tertiary alicyclic amines) is 1. The lowest BCUT2D eigenvalue weighted by Gasteiger charge is -2.57. The van der Waals surface area contributed by atoms with Crippen LogP contribution in [0.4, 0.5) is 0 Å². The summed E-state index contributed by atoms with van der Waals surface area (Å²) in [6.07, 6.45) is 1.14. The van der Waals surface area contributed by atoms with Crippen LogP contribution in [0, 0.1) is 5.41 Å². The first kappa shape index (κ1) is 16.4. The van der Waals surface area contributed by atoms with E-state index >= 15 is 0 Å². The number of hydrogen-bond acceptors (Lipinski definition) is 3. The van der Waals surface area contributed by atoms with Crippen molar-refractivity contribution in [1.82, 2.24) is 13.5 Å². The van der Waals surface area contributed by atoms with Crippen LogP contribution in [0.1, 0.15) is 24.4 Å². The molecule has 0 aliphatic carbocycles. The minimum atomic E-state index is -3.41. The van der Waals surface area contributed by atoms with E-state index in [-0.39, 0.29) is 11.9 Å². The van der Waals surface area contributed by atoms with Crippen molar-refractivity contribution in [2.75, 3.05) is 34.2 Å². The summed E-state index contributed by atoms with van der Waals surface area (Å²) in [5, 5.41) is 0. The van der Waals surface area contributed by atoms with Gasteiger partial charge in [0.15, 0.2) is 0 Å². The molecule has 0 saturated carbocycles. The molecule has 0 aromatic heterocycles. The molecule has 1 atom stereocenters. The molecule has 1 aromatic carbocycles. The molecule has 2 heterocycles. The average molecular weight is 337 g/mol. The number of nitrogens with zero attached hydrogens (tertiary/aromatic N) is 3. The zero-order valence-electron chi connectivity index (χ0n) is 13.8.